The maximum Gasteiger partial charge on any atom is 0.339 e. The number of aromatic carboxylic acids is 1. The quantitative estimate of drug-likeness (QED) is 0.885. The molecule has 1 amide bonds. The smallest absolute Gasteiger partial charge is 0.339 e. The highest BCUT2D eigenvalue weighted by atomic mass is 16.5. The van der Waals surface area contributed by atoms with E-state index < -0.39 is 11.9 Å². The molecule has 6 nitrogen and oxygen atoms in total. The van der Waals surface area contributed by atoms with Crippen LogP contribution in [-0.4, -0.2) is 22.0 Å². The molecule has 0 radical (unpaired) electrons. The summed E-state index contributed by atoms with van der Waals surface area (Å²) in [6, 6.07) is 7.65. The Labute approximate surface area is 114 Å². The molecule has 0 spiro atoms. The van der Waals surface area contributed by atoms with Crippen LogP contribution in [0, 0.1) is 6.92 Å². The summed E-state index contributed by atoms with van der Waals surface area (Å²) in [5, 5.41) is 9.12. The predicted molar refractivity (Wildman–Crippen MR) is 71.0 cm³/mol. The Hall–Kier alpha value is -2.89. The molecule has 0 unspecified atom stereocenters. The second-order valence-electron chi connectivity index (χ2n) is 4.13. The molecule has 0 fully saturated rings. The minimum absolute atomic E-state index is 0.0170. The fraction of sp³-hybridized carbons (Fsp3) is 0.0714. The maximum atomic E-state index is 11.3. The zero-order valence-electron chi connectivity index (χ0n) is 10.7. The molecule has 20 heavy (non-hydrogen) atoms. The van der Waals surface area contributed by atoms with Gasteiger partial charge in [-0.05, 0) is 36.8 Å². The first-order valence-corrected chi connectivity index (χ1v) is 5.75. The van der Waals surface area contributed by atoms with Crippen LogP contribution in [0.3, 0.4) is 0 Å². The summed E-state index contributed by atoms with van der Waals surface area (Å²) in [6.07, 6.45) is 1.43. The predicted octanol–water partition coefficient (Wildman–Crippen LogP) is 1.98. The third-order valence-electron chi connectivity index (χ3n) is 2.61. The van der Waals surface area contributed by atoms with E-state index in [9.17, 15) is 9.59 Å². The third-order valence-corrected chi connectivity index (χ3v) is 2.61. The molecule has 2 rings (SSSR count). The minimum atomic E-state index is -1.13. The third kappa shape index (κ3) is 2.74. The molecule has 0 saturated heterocycles. The summed E-state index contributed by atoms with van der Waals surface area (Å²) in [5.41, 5.74) is 6.11. The molecule has 2 aromatic rings. The molecular formula is C14H12N2O4. The number of carbonyl (C=O) groups is 2. The van der Waals surface area contributed by atoms with E-state index in [1.54, 1.807) is 25.1 Å². The number of hydrogen-bond acceptors (Lipinski definition) is 4. The van der Waals surface area contributed by atoms with Crippen LogP contribution in [0.5, 0.6) is 11.6 Å². The first kappa shape index (κ1) is 13.5. The van der Waals surface area contributed by atoms with Crippen LogP contribution in [-0.2, 0) is 0 Å². The van der Waals surface area contributed by atoms with Gasteiger partial charge in [0.1, 0.15) is 16.9 Å². The van der Waals surface area contributed by atoms with Crippen molar-refractivity contribution in [1.29, 1.82) is 0 Å². The van der Waals surface area contributed by atoms with Crippen molar-refractivity contribution >= 4 is 11.9 Å². The number of hydrogen-bond donors (Lipinski definition) is 2. The van der Waals surface area contributed by atoms with Crippen LogP contribution < -0.4 is 10.5 Å². The summed E-state index contributed by atoms with van der Waals surface area (Å²) in [5.74, 6) is -1.74. The molecule has 0 bridgehead atoms. The van der Waals surface area contributed by atoms with Crippen molar-refractivity contribution in [3.05, 3.63) is 53.2 Å². The largest absolute Gasteiger partial charge is 0.478 e. The summed E-state index contributed by atoms with van der Waals surface area (Å²) >= 11 is 0. The number of carboxylic acids is 1. The summed E-state index contributed by atoms with van der Waals surface area (Å²) in [6.45, 7) is 1.80. The molecule has 3 N–H and O–H groups in total. The van der Waals surface area contributed by atoms with Gasteiger partial charge in [-0.3, -0.25) is 4.79 Å². The highest BCUT2D eigenvalue weighted by Crippen LogP contribution is 2.27. The standard InChI is InChI=1S/C14H12N2O4/c1-8-4-5-9(14(18)19)11(7-8)20-13-10(12(15)17)3-2-6-16-13/h2-7H,1H3,(H2,15,17)(H,18,19). The lowest BCUT2D eigenvalue weighted by Crippen LogP contribution is -2.13. The average Bonchev–Trinajstić information content (AvgIpc) is 2.38. The topological polar surface area (TPSA) is 103 Å². The zero-order valence-corrected chi connectivity index (χ0v) is 10.7. The van der Waals surface area contributed by atoms with E-state index in [0.29, 0.717) is 0 Å². The van der Waals surface area contributed by atoms with Gasteiger partial charge in [0.25, 0.3) is 5.91 Å². The van der Waals surface area contributed by atoms with Gasteiger partial charge in [-0.1, -0.05) is 6.07 Å². The van der Waals surface area contributed by atoms with Crippen LogP contribution in [0.1, 0.15) is 26.3 Å². The Balaban J connectivity index is 2.47. The van der Waals surface area contributed by atoms with E-state index in [1.165, 1.54) is 18.3 Å². The molecule has 0 atom stereocenters. The van der Waals surface area contributed by atoms with Gasteiger partial charge in [0, 0.05) is 6.20 Å². The van der Waals surface area contributed by atoms with Gasteiger partial charge < -0.3 is 15.6 Å². The number of primary amides is 1. The molecule has 0 aliphatic carbocycles. The van der Waals surface area contributed by atoms with Gasteiger partial charge in [0.05, 0.1) is 0 Å². The van der Waals surface area contributed by atoms with Gasteiger partial charge in [0.2, 0.25) is 5.88 Å². The van der Waals surface area contributed by atoms with E-state index in [4.69, 9.17) is 15.6 Å². The fourth-order valence-corrected chi connectivity index (χ4v) is 1.65. The van der Waals surface area contributed by atoms with Crippen LogP contribution in [0.2, 0.25) is 0 Å². The zero-order chi connectivity index (χ0) is 14.7. The van der Waals surface area contributed by atoms with Gasteiger partial charge in [0.15, 0.2) is 0 Å². The molecule has 0 aliphatic rings. The van der Waals surface area contributed by atoms with Crippen molar-refractivity contribution in [1.82, 2.24) is 4.98 Å². The summed E-state index contributed by atoms with van der Waals surface area (Å²) < 4.78 is 5.45. The number of nitrogens with zero attached hydrogens (tertiary/aromatic N) is 1. The van der Waals surface area contributed by atoms with Gasteiger partial charge in [-0.2, -0.15) is 0 Å². The number of amides is 1. The van der Waals surface area contributed by atoms with Crippen LogP contribution in [0.15, 0.2) is 36.5 Å². The Bertz CT molecular complexity index is 683. The SMILES string of the molecule is Cc1ccc(C(=O)O)c(Oc2ncccc2C(N)=O)c1. The van der Waals surface area contributed by atoms with E-state index in [1.807, 2.05) is 0 Å². The lowest BCUT2D eigenvalue weighted by atomic mass is 10.1. The Morgan fingerprint density at radius 1 is 1.25 bits per heavy atom. The highest BCUT2D eigenvalue weighted by molar-refractivity contribution is 5.95. The number of rotatable bonds is 4. The second kappa shape index (κ2) is 5.40. The maximum absolute atomic E-state index is 11.3. The number of benzene rings is 1. The number of nitrogens with two attached hydrogens (primary N) is 1. The average molecular weight is 272 g/mol. The monoisotopic (exact) mass is 272 g/mol. The normalized spacial score (nSPS) is 10.1. The molecule has 0 saturated carbocycles. The van der Waals surface area contributed by atoms with Gasteiger partial charge in [-0.25, -0.2) is 9.78 Å². The lowest BCUT2D eigenvalue weighted by molar-refractivity contribution is 0.0694. The Morgan fingerprint density at radius 2 is 2.00 bits per heavy atom. The molecule has 102 valence electrons. The Kier molecular flexibility index (Phi) is 3.65. The van der Waals surface area contributed by atoms with Crippen molar-refractivity contribution in [3.63, 3.8) is 0 Å². The van der Waals surface area contributed by atoms with E-state index in [2.05, 4.69) is 4.98 Å². The van der Waals surface area contributed by atoms with Crippen LogP contribution in [0.4, 0.5) is 0 Å². The number of aromatic nitrogens is 1. The fourth-order valence-electron chi connectivity index (χ4n) is 1.65. The molecule has 0 aliphatic heterocycles. The van der Waals surface area contributed by atoms with E-state index >= 15 is 0 Å². The van der Waals surface area contributed by atoms with E-state index in [0.717, 1.165) is 5.56 Å². The molecule has 6 heteroatoms. The number of pyridine rings is 1. The number of carbonyl (C=O) groups excluding carboxylic acids is 1. The van der Waals surface area contributed by atoms with Gasteiger partial charge >= 0.3 is 5.97 Å². The van der Waals surface area contributed by atoms with Crippen molar-refractivity contribution in [2.24, 2.45) is 5.73 Å². The first-order valence-electron chi connectivity index (χ1n) is 5.75. The highest BCUT2D eigenvalue weighted by Gasteiger charge is 2.16. The lowest BCUT2D eigenvalue weighted by Gasteiger charge is -2.10. The van der Waals surface area contributed by atoms with Crippen molar-refractivity contribution < 1.29 is 19.4 Å². The second-order valence-corrected chi connectivity index (χ2v) is 4.13. The van der Waals surface area contributed by atoms with Crippen molar-refractivity contribution in [3.8, 4) is 11.6 Å². The first-order chi connectivity index (χ1) is 9.49. The molecule has 1 heterocycles. The van der Waals surface area contributed by atoms with Crippen molar-refractivity contribution in [2.45, 2.75) is 6.92 Å². The Morgan fingerprint density at radius 3 is 2.65 bits per heavy atom. The van der Waals surface area contributed by atoms with E-state index in [-0.39, 0.29) is 22.8 Å². The summed E-state index contributed by atoms with van der Waals surface area (Å²) in [4.78, 5) is 26.3. The molecule has 1 aromatic carbocycles. The molecular weight excluding hydrogens is 260 g/mol. The molecule has 1 aromatic heterocycles. The van der Waals surface area contributed by atoms with Crippen molar-refractivity contribution in [2.75, 3.05) is 0 Å². The number of carboxylic acid groups (broad SMARTS) is 1. The number of ether oxygens (including phenoxy) is 1. The summed E-state index contributed by atoms with van der Waals surface area (Å²) in [7, 11) is 0. The van der Waals surface area contributed by atoms with Crippen LogP contribution in [0.25, 0.3) is 0 Å². The van der Waals surface area contributed by atoms with Crippen LogP contribution >= 0.6 is 0 Å². The number of aryl methyl sites for hydroxylation is 1. The minimum Gasteiger partial charge on any atom is -0.478 e. The van der Waals surface area contributed by atoms with Gasteiger partial charge in [-0.15, -0.1) is 0 Å².